The van der Waals surface area contributed by atoms with Crippen LogP contribution in [0.2, 0.25) is 0 Å². The predicted molar refractivity (Wildman–Crippen MR) is 72.8 cm³/mol. The van der Waals surface area contributed by atoms with Gasteiger partial charge in [-0.25, -0.2) is 0 Å². The Morgan fingerprint density at radius 3 is 2.25 bits per heavy atom. The number of hydrogen-bond donors (Lipinski definition) is 1. The van der Waals surface area contributed by atoms with Crippen molar-refractivity contribution in [3.8, 4) is 0 Å². The molecular weight excluding hydrogens is 265 g/mol. The fourth-order valence-corrected chi connectivity index (χ4v) is 2.28. The normalized spacial score (nSPS) is 19.2. The van der Waals surface area contributed by atoms with Crippen molar-refractivity contribution in [2.24, 2.45) is 0 Å². The predicted octanol–water partition coefficient (Wildman–Crippen LogP) is 3.96. The third kappa shape index (κ3) is 2.92. The van der Waals surface area contributed by atoms with Crippen LogP contribution in [0.4, 0.5) is 13.2 Å². The van der Waals surface area contributed by atoms with Crippen LogP contribution in [0.25, 0.3) is 0 Å². The van der Waals surface area contributed by atoms with E-state index in [9.17, 15) is 13.2 Å². The summed E-state index contributed by atoms with van der Waals surface area (Å²) in [5.41, 5.74) is 1.33. The molecule has 1 aliphatic rings. The Bertz CT molecular complexity index is 489. The summed E-state index contributed by atoms with van der Waals surface area (Å²) in [6.45, 7) is 5.81. The van der Waals surface area contributed by atoms with Crippen molar-refractivity contribution in [1.82, 2.24) is 10.2 Å². The van der Waals surface area contributed by atoms with E-state index >= 15 is 0 Å². The first-order chi connectivity index (χ1) is 9.32. The van der Waals surface area contributed by atoms with Crippen LogP contribution in [-0.4, -0.2) is 17.1 Å². The number of allylic oxidation sites excluding steroid dienone is 1. The topological polar surface area (TPSA) is 15.3 Å². The number of aryl methyl sites for hydroxylation is 1. The highest BCUT2D eigenvalue weighted by Crippen LogP contribution is 2.35. The first kappa shape index (κ1) is 14.8. The lowest BCUT2D eigenvalue weighted by molar-refractivity contribution is -0.0963. The van der Waals surface area contributed by atoms with E-state index < -0.39 is 18.0 Å². The van der Waals surface area contributed by atoms with Gasteiger partial charge in [0.25, 0.3) is 0 Å². The number of rotatable bonds is 3. The first-order valence-electron chi connectivity index (χ1n) is 6.74. The summed E-state index contributed by atoms with van der Waals surface area (Å²) < 4.78 is 38.5. The van der Waals surface area contributed by atoms with E-state index in [1.807, 2.05) is 45.0 Å². The molecule has 1 N–H and O–H groups in total. The van der Waals surface area contributed by atoms with Gasteiger partial charge in [0, 0.05) is 12.2 Å². The molecule has 0 fully saturated rings. The van der Waals surface area contributed by atoms with Gasteiger partial charge >= 0.3 is 6.18 Å². The van der Waals surface area contributed by atoms with Gasteiger partial charge in [0.1, 0.15) is 11.9 Å². The Balaban J connectivity index is 2.27. The van der Waals surface area contributed by atoms with Crippen LogP contribution in [0.15, 0.2) is 36.2 Å². The molecule has 0 saturated heterocycles. The average molecular weight is 284 g/mol. The standard InChI is InChI=1S/C15H19F3N2/c1-4-11-5-7-12(8-6-11)14-19-13(15(16,17)18)9-20(14)10(2)3/h5-10,14,19H,4H2,1-3H3. The van der Waals surface area contributed by atoms with E-state index in [1.54, 1.807) is 4.90 Å². The molecule has 0 bridgehead atoms. The largest absolute Gasteiger partial charge is 0.432 e. The van der Waals surface area contributed by atoms with Crippen LogP contribution in [0.3, 0.4) is 0 Å². The third-order valence-corrected chi connectivity index (χ3v) is 3.47. The minimum absolute atomic E-state index is 0.0156. The van der Waals surface area contributed by atoms with Crippen molar-refractivity contribution in [1.29, 1.82) is 0 Å². The Kier molecular flexibility index (Phi) is 3.97. The molecule has 0 aliphatic carbocycles. The van der Waals surface area contributed by atoms with Crippen molar-refractivity contribution < 1.29 is 13.2 Å². The number of benzene rings is 1. The summed E-state index contributed by atoms with van der Waals surface area (Å²) in [5.74, 6) is 0. The number of halogens is 3. The number of nitrogens with zero attached hydrogens (tertiary/aromatic N) is 1. The lowest BCUT2D eigenvalue weighted by atomic mass is 10.1. The second kappa shape index (κ2) is 5.38. The van der Waals surface area contributed by atoms with Gasteiger partial charge in [-0.3, -0.25) is 0 Å². The molecule has 5 heteroatoms. The lowest BCUT2D eigenvalue weighted by Gasteiger charge is -2.29. The van der Waals surface area contributed by atoms with Crippen molar-refractivity contribution >= 4 is 0 Å². The van der Waals surface area contributed by atoms with Gasteiger partial charge in [0.05, 0.1) is 0 Å². The highest BCUT2D eigenvalue weighted by Gasteiger charge is 2.41. The monoisotopic (exact) mass is 284 g/mol. The first-order valence-corrected chi connectivity index (χ1v) is 6.74. The molecule has 0 spiro atoms. The van der Waals surface area contributed by atoms with Crippen molar-refractivity contribution in [3.63, 3.8) is 0 Å². The third-order valence-electron chi connectivity index (χ3n) is 3.47. The molecule has 0 amide bonds. The van der Waals surface area contributed by atoms with E-state index in [1.165, 1.54) is 11.8 Å². The van der Waals surface area contributed by atoms with E-state index in [0.717, 1.165) is 12.0 Å². The summed E-state index contributed by atoms with van der Waals surface area (Å²) in [6, 6.07) is 7.68. The fourth-order valence-electron chi connectivity index (χ4n) is 2.28. The van der Waals surface area contributed by atoms with Crippen LogP contribution in [-0.2, 0) is 6.42 Å². The molecule has 20 heavy (non-hydrogen) atoms. The van der Waals surface area contributed by atoms with Gasteiger partial charge in [0.15, 0.2) is 0 Å². The van der Waals surface area contributed by atoms with Gasteiger partial charge < -0.3 is 10.2 Å². The summed E-state index contributed by atoms with van der Waals surface area (Å²) >= 11 is 0. The minimum atomic E-state index is -4.34. The number of hydrogen-bond acceptors (Lipinski definition) is 2. The Labute approximate surface area is 117 Å². The second-order valence-corrected chi connectivity index (χ2v) is 5.22. The van der Waals surface area contributed by atoms with Gasteiger partial charge in [-0.15, -0.1) is 0 Å². The zero-order valence-electron chi connectivity index (χ0n) is 11.8. The van der Waals surface area contributed by atoms with Crippen molar-refractivity contribution in [2.45, 2.75) is 45.6 Å². The van der Waals surface area contributed by atoms with Crippen LogP contribution >= 0.6 is 0 Å². The van der Waals surface area contributed by atoms with E-state index in [2.05, 4.69) is 5.32 Å². The van der Waals surface area contributed by atoms with Gasteiger partial charge in [-0.05, 0) is 31.4 Å². The zero-order chi connectivity index (χ0) is 14.9. The van der Waals surface area contributed by atoms with Gasteiger partial charge in [-0.2, -0.15) is 13.2 Å². The highest BCUT2D eigenvalue weighted by atomic mass is 19.4. The van der Waals surface area contributed by atoms with Gasteiger partial charge in [-0.1, -0.05) is 31.2 Å². The molecular formula is C15H19F3N2. The molecule has 1 unspecified atom stereocenters. The number of nitrogens with one attached hydrogen (secondary N) is 1. The molecule has 2 nitrogen and oxygen atoms in total. The summed E-state index contributed by atoms with van der Waals surface area (Å²) in [5, 5.41) is 2.58. The highest BCUT2D eigenvalue weighted by molar-refractivity contribution is 5.29. The summed E-state index contributed by atoms with van der Waals surface area (Å²) in [7, 11) is 0. The van der Waals surface area contributed by atoms with E-state index in [0.29, 0.717) is 0 Å². The van der Waals surface area contributed by atoms with E-state index in [4.69, 9.17) is 0 Å². The average Bonchev–Trinajstić information content (AvgIpc) is 2.84. The maximum absolute atomic E-state index is 12.8. The Morgan fingerprint density at radius 2 is 1.80 bits per heavy atom. The van der Waals surface area contributed by atoms with Crippen LogP contribution in [0.1, 0.15) is 38.1 Å². The molecule has 1 aromatic rings. The maximum atomic E-state index is 12.8. The Morgan fingerprint density at radius 1 is 1.20 bits per heavy atom. The zero-order valence-corrected chi connectivity index (χ0v) is 11.8. The molecule has 2 rings (SSSR count). The molecule has 0 aromatic heterocycles. The molecule has 1 heterocycles. The summed E-state index contributed by atoms with van der Waals surface area (Å²) in [4.78, 5) is 1.70. The smallest absolute Gasteiger partial charge is 0.356 e. The quantitative estimate of drug-likeness (QED) is 0.903. The minimum Gasteiger partial charge on any atom is -0.356 e. The molecule has 0 saturated carbocycles. The molecule has 110 valence electrons. The van der Waals surface area contributed by atoms with Crippen molar-refractivity contribution in [3.05, 3.63) is 47.3 Å². The molecule has 1 atom stereocenters. The Hall–Kier alpha value is -1.65. The molecule has 1 aromatic carbocycles. The lowest BCUT2D eigenvalue weighted by Crippen LogP contribution is -2.33. The van der Waals surface area contributed by atoms with Crippen LogP contribution in [0, 0.1) is 0 Å². The van der Waals surface area contributed by atoms with Crippen LogP contribution < -0.4 is 5.32 Å². The van der Waals surface area contributed by atoms with Crippen molar-refractivity contribution in [2.75, 3.05) is 0 Å². The number of alkyl halides is 3. The molecule has 1 aliphatic heterocycles. The van der Waals surface area contributed by atoms with Crippen LogP contribution in [0.5, 0.6) is 0 Å². The van der Waals surface area contributed by atoms with E-state index in [-0.39, 0.29) is 6.04 Å². The second-order valence-electron chi connectivity index (χ2n) is 5.22. The molecule has 0 radical (unpaired) electrons. The maximum Gasteiger partial charge on any atom is 0.432 e. The SMILES string of the molecule is CCc1ccc(C2NC(C(F)(F)F)=CN2C(C)C)cc1. The fraction of sp³-hybridized carbons (Fsp3) is 0.467. The summed E-state index contributed by atoms with van der Waals surface area (Å²) in [6.07, 6.45) is -2.72. The van der Waals surface area contributed by atoms with Gasteiger partial charge in [0.2, 0.25) is 0 Å².